The first-order valence-corrected chi connectivity index (χ1v) is 10.1. The zero-order valence-electron chi connectivity index (χ0n) is 12.7. The van der Waals surface area contributed by atoms with Crippen molar-refractivity contribution in [3.8, 4) is 0 Å². The van der Waals surface area contributed by atoms with Gasteiger partial charge in [-0.2, -0.15) is 16.8 Å². The Bertz CT molecular complexity index is 710. The van der Waals surface area contributed by atoms with Crippen LogP contribution in [0.15, 0.2) is 30.3 Å². The molecule has 0 fully saturated rings. The van der Waals surface area contributed by atoms with Gasteiger partial charge < -0.3 is 4.74 Å². The molecule has 0 radical (unpaired) electrons. The fraction of sp³-hybridized carbons (Fsp3) is 0.462. The number of carbonyl (C=O) groups excluding carboxylic acids is 1. The van der Waals surface area contributed by atoms with Crippen LogP contribution in [0.4, 0.5) is 0 Å². The Labute approximate surface area is 135 Å². The molecule has 130 valence electrons. The molecule has 0 aliphatic carbocycles. The maximum absolute atomic E-state index is 11.9. The number of hydrogen-bond acceptors (Lipinski definition) is 8. The number of rotatable bonds is 9. The van der Waals surface area contributed by atoms with Crippen LogP contribution in [0, 0.1) is 0 Å². The van der Waals surface area contributed by atoms with Crippen molar-refractivity contribution in [2.75, 3.05) is 19.1 Å². The molecule has 0 amide bonds. The lowest BCUT2D eigenvalue weighted by Crippen LogP contribution is -2.30. The van der Waals surface area contributed by atoms with Gasteiger partial charge in [-0.3, -0.25) is 8.37 Å². The van der Waals surface area contributed by atoms with Crippen molar-refractivity contribution in [3.63, 3.8) is 0 Å². The number of esters is 1. The zero-order chi connectivity index (χ0) is 17.5. The highest BCUT2D eigenvalue weighted by molar-refractivity contribution is 7.86. The summed E-state index contributed by atoms with van der Waals surface area (Å²) < 4.78 is 58.2. The summed E-state index contributed by atoms with van der Waals surface area (Å²) in [6.45, 7) is -0.463. The van der Waals surface area contributed by atoms with E-state index in [0.717, 1.165) is 12.5 Å². The summed E-state index contributed by atoms with van der Waals surface area (Å²) in [5.41, 5.74) is 0.714. The molecule has 23 heavy (non-hydrogen) atoms. The second-order valence-electron chi connectivity index (χ2n) is 4.70. The van der Waals surface area contributed by atoms with Crippen LogP contribution in [0.3, 0.4) is 0 Å². The average Bonchev–Trinajstić information content (AvgIpc) is 2.42. The summed E-state index contributed by atoms with van der Waals surface area (Å²) in [4.78, 5) is 11.9. The fourth-order valence-electron chi connectivity index (χ4n) is 1.54. The van der Waals surface area contributed by atoms with E-state index in [2.05, 4.69) is 8.37 Å². The number of ether oxygens (including phenoxy) is 1. The number of carbonyl (C=O) groups is 1. The highest BCUT2D eigenvalue weighted by Gasteiger charge is 2.26. The van der Waals surface area contributed by atoms with E-state index in [1.807, 2.05) is 0 Å². The lowest BCUT2D eigenvalue weighted by Gasteiger charge is -2.15. The van der Waals surface area contributed by atoms with Crippen molar-refractivity contribution in [1.82, 2.24) is 0 Å². The first-order chi connectivity index (χ1) is 10.6. The molecule has 0 aliphatic heterocycles. The summed E-state index contributed by atoms with van der Waals surface area (Å²) in [5, 5.41) is 0. The molecule has 10 heteroatoms. The lowest BCUT2D eigenvalue weighted by molar-refractivity contribution is -0.153. The second-order valence-corrected chi connectivity index (χ2v) is 7.94. The van der Waals surface area contributed by atoms with Crippen molar-refractivity contribution in [3.05, 3.63) is 35.9 Å². The Kier molecular flexibility index (Phi) is 7.13. The third-order valence-corrected chi connectivity index (χ3v) is 3.63. The van der Waals surface area contributed by atoms with Crippen LogP contribution in [0.5, 0.6) is 0 Å². The fourth-order valence-corrected chi connectivity index (χ4v) is 2.54. The third-order valence-electron chi connectivity index (χ3n) is 2.46. The molecule has 0 spiro atoms. The van der Waals surface area contributed by atoms with Crippen LogP contribution < -0.4 is 0 Å². The number of hydrogen-bond donors (Lipinski definition) is 0. The van der Waals surface area contributed by atoms with Crippen LogP contribution in [-0.4, -0.2) is 48.0 Å². The van der Waals surface area contributed by atoms with Crippen molar-refractivity contribution >= 4 is 26.2 Å². The van der Waals surface area contributed by atoms with E-state index < -0.39 is 38.9 Å². The van der Waals surface area contributed by atoms with Crippen LogP contribution in [0.1, 0.15) is 12.0 Å². The average molecular weight is 366 g/mol. The number of benzene rings is 1. The lowest BCUT2D eigenvalue weighted by atomic mass is 10.2. The van der Waals surface area contributed by atoms with Crippen LogP contribution in [0.2, 0.25) is 0 Å². The van der Waals surface area contributed by atoms with Crippen LogP contribution in [0.25, 0.3) is 0 Å². The Morgan fingerprint density at radius 3 is 2.17 bits per heavy atom. The molecule has 0 aliphatic rings. The van der Waals surface area contributed by atoms with E-state index >= 15 is 0 Å². The van der Waals surface area contributed by atoms with Gasteiger partial charge in [0.05, 0.1) is 19.1 Å². The molecule has 0 saturated carbocycles. The zero-order valence-corrected chi connectivity index (χ0v) is 14.3. The second kappa shape index (κ2) is 8.39. The normalized spacial score (nSPS) is 13.5. The quantitative estimate of drug-likeness (QED) is 0.457. The van der Waals surface area contributed by atoms with Crippen LogP contribution >= 0.6 is 0 Å². The van der Waals surface area contributed by atoms with Crippen molar-refractivity contribution in [2.45, 2.75) is 19.1 Å². The summed E-state index contributed by atoms with van der Waals surface area (Å²) in [6, 6.07) is 8.77. The summed E-state index contributed by atoms with van der Waals surface area (Å²) >= 11 is 0. The Hall–Kier alpha value is -1.49. The minimum atomic E-state index is -3.92. The molecule has 1 rings (SSSR count). The predicted octanol–water partition coefficient (Wildman–Crippen LogP) is 0.441. The third kappa shape index (κ3) is 9.29. The van der Waals surface area contributed by atoms with E-state index in [0.29, 0.717) is 5.56 Å². The molecular weight excluding hydrogens is 348 g/mol. The van der Waals surface area contributed by atoms with Crippen molar-refractivity contribution in [2.24, 2.45) is 0 Å². The van der Waals surface area contributed by atoms with Gasteiger partial charge in [-0.05, 0) is 5.56 Å². The predicted molar refractivity (Wildman–Crippen MR) is 81.4 cm³/mol. The first-order valence-electron chi connectivity index (χ1n) is 6.50. The Morgan fingerprint density at radius 2 is 1.65 bits per heavy atom. The van der Waals surface area contributed by atoms with Gasteiger partial charge in [0.25, 0.3) is 20.2 Å². The molecule has 0 N–H and O–H groups in total. The minimum Gasteiger partial charge on any atom is -0.459 e. The highest BCUT2D eigenvalue weighted by Crippen LogP contribution is 2.09. The molecule has 1 unspecified atom stereocenters. The molecule has 0 aromatic heterocycles. The van der Waals surface area contributed by atoms with Crippen LogP contribution in [-0.2, 0) is 44.7 Å². The van der Waals surface area contributed by atoms with Gasteiger partial charge in [0, 0.05) is 6.42 Å². The molecule has 8 nitrogen and oxygen atoms in total. The SMILES string of the molecule is CS(=O)(=O)OCCC(OS(C)(=O)=O)C(=O)OCc1ccccc1. The largest absolute Gasteiger partial charge is 0.459 e. The first kappa shape index (κ1) is 19.6. The molecule has 0 heterocycles. The standard InChI is InChI=1S/C13H18O8S2/c1-22(15,16)20-9-8-12(21-23(2,17)18)13(14)19-10-11-6-4-3-5-7-11/h3-7,12H,8-10H2,1-2H3. The Balaban J connectivity index is 2.64. The van der Waals surface area contributed by atoms with Gasteiger partial charge in [0.2, 0.25) is 0 Å². The van der Waals surface area contributed by atoms with Gasteiger partial charge in [0.15, 0.2) is 6.10 Å². The summed E-state index contributed by atoms with van der Waals surface area (Å²) in [7, 11) is -7.62. The van der Waals surface area contributed by atoms with Gasteiger partial charge in [-0.25, -0.2) is 4.79 Å². The maximum atomic E-state index is 11.9. The van der Waals surface area contributed by atoms with E-state index in [4.69, 9.17) is 4.74 Å². The van der Waals surface area contributed by atoms with Gasteiger partial charge >= 0.3 is 5.97 Å². The molecule has 1 aromatic rings. The molecule has 0 bridgehead atoms. The van der Waals surface area contributed by atoms with E-state index in [9.17, 15) is 21.6 Å². The van der Waals surface area contributed by atoms with E-state index in [1.54, 1.807) is 30.3 Å². The van der Waals surface area contributed by atoms with Crippen molar-refractivity contribution < 1.29 is 34.7 Å². The van der Waals surface area contributed by atoms with E-state index in [-0.39, 0.29) is 13.0 Å². The monoisotopic (exact) mass is 366 g/mol. The smallest absolute Gasteiger partial charge is 0.337 e. The van der Waals surface area contributed by atoms with Crippen molar-refractivity contribution in [1.29, 1.82) is 0 Å². The van der Waals surface area contributed by atoms with E-state index in [1.165, 1.54) is 0 Å². The topological polar surface area (TPSA) is 113 Å². The summed E-state index contributed by atoms with van der Waals surface area (Å²) in [6.07, 6.45) is -0.140. The molecule has 1 aromatic carbocycles. The molecule has 0 saturated heterocycles. The van der Waals surface area contributed by atoms with Gasteiger partial charge in [-0.1, -0.05) is 30.3 Å². The van der Waals surface area contributed by atoms with Gasteiger partial charge in [0.1, 0.15) is 6.61 Å². The summed E-state index contributed by atoms with van der Waals surface area (Å²) in [5.74, 6) is -0.920. The molecule has 1 atom stereocenters. The molecular formula is C13H18O8S2. The maximum Gasteiger partial charge on any atom is 0.337 e. The minimum absolute atomic E-state index is 0.0593. The Morgan fingerprint density at radius 1 is 1.04 bits per heavy atom. The van der Waals surface area contributed by atoms with Gasteiger partial charge in [-0.15, -0.1) is 0 Å². The highest BCUT2D eigenvalue weighted by atomic mass is 32.2.